The third kappa shape index (κ3) is 2.06. The second kappa shape index (κ2) is 4.87. The minimum Gasteiger partial charge on any atom is -0.310 e. The van der Waals surface area contributed by atoms with Gasteiger partial charge in [0.25, 0.3) is 5.56 Å². The third-order valence-corrected chi connectivity index (χ3v) is 4.46. The first-order chi connectivity index (χ1) is 9.60. The number of benzene rings is 1. The van der Waals surface area contributed by atoms with Gasteiger partial charge in [-0.3, -0.25) is 4.79 Å². The summed E-state index contributed by atoms with van der Waals surface area (Å²) in [7, 11) is 0. The summed E-state index contributed by atoms with van der Waals surface area (Å²) in [6.45, 7) is 6.10. The Morgan fingerprint density at radius 1 is 1.20 bits per heavy atom. The van der Waals surface area contributed by atoms with Crippen LogP contribution in [-0.2, 0) is 6.42 Å². The lowest BCUT2D eigenvalue weighted by Gasteiger charge is -2.03. The number of hydrogen-bond donors (Lipinski definition) is 1. The van der Waals surface area contributed by atoms with Crippen molar-refractivity contribution in [2.75, 3.05) is 0 Å². The predicted octanol–water partition coefficient (Wildman–Crippen LogP) is 3.83. The number of thiophene rings is 1. The molecular weight excluding hydrogens is 268 g/mol. The summed E-state index contributed by atoms with van der Waals surface area (Å²) in [5.74, 6) is 0.749. The van der Waals surface area contributed by atoms with Crippen LogP contribution in [0.3, 0.4) is 0 Å². The molecule has 0 spiro atoms. The number of rotatable bonds is 2. The molecule has 1 aromatic carbocycles. The van der Waals surface area contributed by atoms with E-state index < -0.39 is 0 Å². The van der Waals surface area contributed by atoms with E-state index in [2.05, 4.69) is 41.2 Å². The molecule has 20 heavy (non-hydrogen) atoms. The van der Waals surface area contributed by atoms with Crippen molar-refractivity contribution in [1.82, 2.24) is 9.97 Å². The first-order valence-electron chi connectivity index (χ1n) is 6.69. The number of hydrogen-bond acceptors (Lipinski definition) is 3. The molecule has 0 amide bonds. The van der Waals surface area contributed by atoms with Crippen LogP contribution in [0.1, 0.15) is 23.2 Å². The fourth-order valence-electron chi connectivity index (χ4n) is 2.40. The van der Waals surface area contributed by atoms with Crippen LogP contribution in [0.5, 0.6) is 0 Å². The molecular formula is C16H16N2OS. The zero-order chi connectivity index (χ0) is 14.3. The number of nitrogens with zero attached hydrogens (tertiary/aromatic N) is 1. The fourth-order valence-corrected chi connectivity index (χ4v) is 3.46. The lowest BCUT2D eigenvalue weighted by Crippen LogP contribution is -2.10. The number of aromatic nitrogens is 2. The molecule has 2 heterocycles. The predicted molar refractivity (Wildman–Crippen MR) is 84.5 cm³/mol. The Hall–Kier alpha value is -1.94. The first-order valence-corrected chi connectivity index (χ1v) is 7.51. The van der Waals surface area contributed by atoms with Crippen LogP contribution < -0.4 is 5.56 Å². The van der Waals surface area contributed by atoms with E-state index in [0.717, 1.165) is 33.1 Å². The van der Waals surface area contributed by atoms with Crippen LogP contribution in [0.15, 0.2) is 29.1 Å². The smallest absolute Gasteiger partial charge is 0.260 e. The molecule has 1 N–H and O–H groups in total. The normalized spacial score (nSPS) is 11.2. The zero-order valence-corrected chi connectivity index (χ0v) is 12.6. The number of H-pyrrole nitrogens is 1. The van der Waals surface area contributed by atoms with Gasteiger partial charge in [-0.2, -0.15) is 0 Å². The fraction of sp³-hybridized carbons (Fsp3) is 0.250. The Morgan fingerprint density at radius 2 is 1.90 bits per heavy atom. The second-order valence-corrected chi connectivity index (χ2v) is 6.15. The van der Waals surface area contributed by atoms with Gasteiger partial charge in [0.15, 0.2) is 0 Å². The number of fused-ring (bicyclic) bond motifs is 1. The van der Waals surface area contributed by atoms with E-state index in [1.807, 2.05) is 13.8 Å². The summed E-state index contributed by atoms with van der Waals surface area (Å²) in [6.07, 6.45) is 0.738. The number of aromatic amines is 1. The minimum absolute atomic E-state index is 0.0354. The second-order valence-electron chi connectivity index (χ2n) is 4.95. The Morgan fingerprint density at radius 3 is 2.55 bits per heavy atom. The van der Waals surface area contributed by atoms with Gasteiger partial charge in [-0.15, -0.1) is 11.3 Å². The molecule has 102 valence electrons. The molecule has 0 radical (unpaired) electrons. The van der Waals surface area contributed by atoms with Crippen molar-refractivity contribution in [2.24, 2.45) is 0 Å². The van der Waals surface area contributed by atoms with E-state index in [1.54, 1.807) is 11.3 Å². The maximum absolute atomic E-state index is 12.3. The van der Waals surface area contributed by atoms with E-state index in [1.165, 1.54) is 5.56 Å². The van der Waals surface area contributed by atoms with Gasteiger partial charge in [0.05, 0.1) is 5.39 Å². The van der Waals surface area contributed by atoms with Crippen molar-refractivity contribution in [3.63, 3.8) is 0 Å². The lowest BCUT2D eigenvalue weighted by atomic mass is 10.0. The highest BCUT2D eigenvalue weighted by atomic mass is 32.1. The van der Waals surface area contributed by atoms with Crippen molar-refractivity contribution in [1.29, 1.82) is 0 Å². The maximum Gasteiger partial charge on any atom is 0.260 e. The molecule has 0 aliphatic heterocycles. The molecule has 3 rings (SSSR count). The van der Waals surface area contributed by atoms with Gasteiger partial charge in [0.1, 0.15) is 10.7 Å². The van der Waals surface area contributed by atoms with E-state index in [4.69, 9.17) is 0 Å². The summed E-state index contributed by atoms with van der Waals surface area (Å²) < 4.78 is 0. The molecule has 0 aliphatic rings. The van der Waals surface area contributed by atoms with Gasteiger partial charge in [-0.05, 0) is 19.4 Å². The largest absolute Gasteiger partial charge is 0.310 e. The Bertz CT molecular complexity index is 828. The van der Waals surface area contributed by atoms with Gasteiger partial charge >= 0.3 is 0 Å². The van der Waals surface area contributed by atoms with Crippen LogP contribution in [0.4, 0.5) is 0 Å². The van der Waals surface area contributed by atoms with Gasteiger partial charge < -0.3 is 4.98 Å². The molecule has 0 unspecified atom stereocenters. The summed E-state index contributed by atoms with van der Waals surface area (Å²) in [5, 5.41) is 0.716. The van der Waals surface area contributed by atoms with Crippen LogP contribution >= 0.6 is 11.3 Å². The molecule has 2 aromatic heterocycles. The summed E-state index contributed by atoms with van der Waals surface area (Å²) in [5.41, 5.74) is 3.27. The van der Waals surface area contributed by atoms with E-state index >= 15 is 0 Å². The van der Waals surface area contributed by atoms with Crippen LogP contribution in [0, 0.1) is 13.8 Å². The third-order valence-electron chi connectivity index (χ3n) is 3.46. The standard InChI is InChI=1S/C16H16N2OS/c1-4-12-17-15(19)14-13(10(3)20-16(14)18-12)11-7-5-9(2)6-8-11/h5-8H,4H2,1-3H3,(H,17,18,19). The summed E-state index contributed by atoms with van der Waals surface area (Å²) in [6, 6.07) is 8.27. The Balaban J connectivity index is 2.33. The first kappa shape index (κ1) is 13.1. The molecule has 0 atom stereocenters. The highest BCUT2D eigenvalue weighted by molar-refractivity contribution is 7.19. The van der Waals surface area contributed by atoms with Crippen molar-refractivity contribution >= 4 is 21.6 Å². The van der Waals surface area contributed by atoms with Crippen LogP contribution in [0.25, 0.3) is 21.3 Å². The number of nitrogens with one attached hydrogen (secondary N) is 1. The summed E-state index contributed by atoms with van der Waals surface area (Å²) in [4.78, 5) is 21.7. The van der Waals surface area contributed by atoms with Gasteiger partial charge in [0, 0.05) is 16.9 Å². The molecule has 3 nitrogen and oxygen atoms in total. The molecule has 0 aliphatic carbocycles. The highest BCUT2D eigenvalue weighted by Crippen LogP contribution is 2.35. The molecule has 0 fully saturated rings. The van der Waals surface area contributed by atoms with Crippen molar-refractivity contribution in [2.45, 2.75) is 27.2 Å². The molecule has 0 bridgehead atoms. The number of aryl methyl sites for hydroxylation is 3. The van der Waals surface area contributed by atoms with Crippen LogP contribution in [-0.4, -0.2) is 9.97 Å². The van der Waals surface area contributed by atoms with Gasteiger partial charge in [-0.25, -0.2) is 4.98 Å². The topological polar surface area (TPSA) is 45.8 Å². The lowest BCUT2D eigenvalue weighted by molar-refractivity contribution is 0.948. The average Bonchev–Trinajstić information content (AvgIpc) is 2.76. The van der Waals surface area contributed by atoms with Crippen LogP contribution in [0.2, 0.25) is 0 Å². The van der Waals surface area contributed by atoms with Crippen molar-refractivity contribution in [3.05, 3.63) is 50.9 Å². The molecule has 0 saturated carbocycles. The molecule has 4 heteroatoms. The Labute approximate surface area is 121 Å². The monoisotopic (exact) mass is 284 g/mol. The van der Waals surface area contributed by atoms with Gasteiger partial charge in [-0.1, -0.05) is 36.8 Å². The highest BCUT2D eigenvalue weighted by Gasteiger charge is 2.16. The van der Waals surface area contributed by atoms with E-state index in [0.29, 0.717) is 5.39 Å². The summed E-state index contributed by atoms with van der Waals surface area (Å²) >= 11 is 1.59. The molecule has 3 aromatic rings. The Kier molecular flexibility index (Phi) is 3.18. The quantitative estimate of drug-likeness (QED) is 0.777. The molecule has 0 saturated heterocycles. The van der Waals surface area contributed by atoms with Crippen molar-refractivity contribution < 1.29 is 0 Å². The van der Waals surface area contributed by atoms with Gasteiger partial charge in [0.2, 0.25) is 0 Å². The zero-order valence-electron chi connectivity index (χ0n) is 11.8. The van der Waals surface area contributed by atoms with Crippen molar-refractivity contribution in [3.8, 4) is 11.1 Å². The minimum atomic E-state index is -0.0354. The maximum atomic E-state index is 12.3. The SMILES string of the molecule is CCc1nc2sc(C)c(-c3ccc(C)cc3)c2c(=O)[nH]1. The van der Waals surface area contributed by atoms with E-state index in [9.17, 15) is 4.79 Å². The average molecular weight is 284 g/mol. The van der Waals surface area contributed by atoms with E-state index in [-0.39, 0.29) is 5.56 Å².